The van der Waals surface area contributed by atoms with E-state index in [1.807, 2.05) is 24.3 Å². The highest BCUT2D eigenvalue weighted by atomic mass is 32.2. The summed E-state index contributed by atoms with van der Waals surface area (Å²) in [7, 11) is 0. The van der Waals surface area contributed by atoms with Gasteiger partial charge >= 0.3 is 0 Å². The van der Waals surface area contributed by atoms with Gasteiger partial charge in [0.2, 0.25) is 5.91 Å². The molecule has 1 saturated carbocycles. The number of fused-ring (bicyclic) bond motifs is 1. The van der Waals surface area contributed by atoms with Crippen LogP contribution in [0.25, 0.3) is 10.9 Å². The van der Waals surface area contributed by atoms with Crippen molar-refractivity contribution in [2.24, 2.45) is 0 Å². The highest BCUT2D eigenvalue weighted by molar-refractivity contribution is 8.00. The van der Waals surface area contributed by atoms with Crippen LogP contribution in [0, 0.1) is 6.92 Å². The van der Waals surface area contributed by atoms with E-state index in [0.717, 1.165) is 25.7 Å². The SMILES string of the molecule is Cc1cc(NC(=O)[C@H](C)Sc2nc3ccccc3c(=O)n2C2CCCC2)no1. The Bertz CT molecular complexity index is 1070. The van der Waals surface area contributed by atoms with Gasteiger partial charge in [0.25, 0.3) is 5.56 Å². The normalized spacial score (nSPS) is 15.8. The number of para-hydroxylation sites is 1. The zero-order valence-electron chi connectivity index (χ0n) is 15.8. The topological polar surface area (TPSA) is 90.0 Å². The second-order valence-corrected chi connectivity index (χ2v) is 8.41. The average molecular weight is 398 g/mol. The lowest BCUT2D eigenvalue weighted by Crippen LogP contribution is -2.29. The Labute approximate surface area is 166 Å². The molecular formula is C20H22N4O3S. The van der Waals surface area contributed by atoms with Crippen molar-refractivity contribution < 1.29 is 9.32 Å². The quantitative estimate of drug-likeness (QED) is 0.517. The number of hydrogen-bond acceptors (Lipinski definition) is 6. The van der Waals surface area contributed by atoms with E-state index in [0.29, 0.717) is 27.6 Å². The molecular weight excluding hydrogens is 376 g/mol. The minimum absolute atomic E-state index is 0.0280. The van der Waals surface area contributed by atoms with E-state index in [9.17, 15) is 9.59 Å². The fraction of sp³-hybridized carbons (Fsp3) is 0.400. The molecule has 0 bridgehead atoms. The molecule has 4 rings (SSSR count). The molecule has 0 saturated heterocycles. The molecule has 1 amide bonds. The Morgan fingerprint density at radius 3 is 2.79 bits per heavy atom. The van der Waals surface area contributed by atoms with Crippen molar-refractivity contribution in [2.45, 2.75) is 56.0 Å². The summed E-state index contributed by atoms with van der Waals surface area (Å²) in [5.41, 5.74) is 0.628. The number of aromatic nitrogens is 3. The van der Waals surface area contributed by atoms with Crippen LogP contribution in [-0.4, -0.2) is 25.9 Å². The molecule has 7 nitrogen and oxygen atoms in total. The number of carbonyl (C=O) groups is 1. The Morgan fingerprint density at radius 2 is 2.07 bits per heavy atom. The maximum absolute atomic E-state index is 13.2. The summed E-state index contributed by atoms with van der Waals surface area (Å²) in [6, 6.07) is 9.17. The average Bonchev–Trinajstić information content (AvgIpc) is 3.34. The van der Waals surface area contributed by atoms with Gasteiger partial charge in [-0.15, -0.1) is 0 Å². The summed E-state index contributed by atoms with van der Waals surface area (Å²) in [4.78, 5) is 30.5. The van der Waals surface area contributed by atoms with Crippen molar-refractivity contribution in [3.63, 3.8) is 0 Å². The standard InChI is InChI=1S/C20H22N4O3S/c1-12-11-17(23-27-12)22-18(25)13(2)28-20-21-16-10-6-5-9-15(16)19(26)24(20)14-7-3-4-8-14/h5-6,9-11,13-14H,3-4,7-8H2,1-2H3,(H,22,23,25)/t13-/m0/s1. The van der Waals surface area contributed by atoms with Gasteiger partial charge in [-0.25, -0.2) is 4.98 Å². The zero-order valence-corrected chi connectivity index (χ0v) is 16.7. The van der Waals surface area contributed by atoms with E-state index in [-0.39, 0.29) is 17.5 Å². The van der Waals surface area contributed by atoms with Crippen LogP contribution in [0.5, 0.6) is 0 Å². The lowest BCUT2D eigenvalue weighted by molar-refractivity contribution is -0.115. The number of nitrogens with one attached hydrogen (secondary N) is 1. The summed E-state index contributed by atoms with van der Waals surface area (Å²) in [5.74, 6) is 0.801. The Balaban J connectivity index is 1.65. The van der Waals surface area contributed by atoms with E-state index in [4.69, 9.17) is 9.51 Å². The maximum Gasteiger partial charge on any atom is 0.262 e. The number of nitrogens with zero attached hydrogens (tertiary/aromatic N) is 3. The minimum atomic E-state index is -0.447. The molecule has 2 aromatic heterocycles. The molecule has 28 heavy (non-hydrogen) atoms. The van der Waals surface area contributed by atoms with Crippen LogP contribution in [0.2, 0.25) is 0 Å². The fourth-order valence-corrected chi connectivity index (χ4v) is 4.54. The second-order valence-electron chi connectivity index (χ2n) is 7.10. The third kappa shape index (κ3) is 3.69. The van der Waals surface area contributed by atoms with E-state index >= 15 is 0 Å². The van der Waals surface area contributed by atoms with Gasteiger partial charge in [-0.1, -0.05) is 41.9 Å². The number of benzene rings is 1. The molecule has 8 heteroatoms. The number of aryl methyl sites for hydroxylation is 1. The van der Waals surface area contributed by atoms with Crippen molar-refractivity contribution >= 4 is 34.4 Å². The largest absolute Gasteiger partial charge is 0.360 e. The molecule has 1 N–H and O–H groups in total. The lowest BCUT2D eigenvalue weighted by Gasteiger charge is -2.20. The number of amides is 1. The summed E-state index contributed by atoms with van der Waals surface area (Å²) in [6.45, 7) is 3.56. The van der Waals surface area contributed by atoms with Crippen molar-refractivity contribution in [1.82, 2.24) is 14.7 Å². The first kappa shape index (κ1) is 18.7. The van der Waals surface area contributed by atoms with E-state index in [2.05, 4.69) is 10.5 Å². The lowest BCUT2D eigenvalue weighted by atomic mass is 10.2. The second kappa shape index (κ2) is 7.79. The van der Waals surface area contributed by atoms with E-state index in [1.54, 1.807) is 24.5 Å². The summed E-state index contributed by atoms with van der Waals surface area (Å²) >= 11 is 1.30. The van der Waals surface area contributed by atoms with Crippen LogP contribution in [0.15, 0.2) is 44.8 Å². The van der Waals surface area contributed by atoms with Gasteiger partial charge in [-0.05, 0) is 38.8 Å². The molecule has 0 aliphatic heterocycles. The third-order valence-corrected chi connectivity index (χ3v) is 6.06. The van der Waals surface area contributed by atoms with Gasteiger partial charge in [-0.3, -0.25) is 14.2 Å². The molecule has 1 aliphatic rings. The first-order valence-electron chi connectivity index (χ1n) is 9.45. The first-order valence-corrected chi connectivity index (χ1v) is 10.3. The van der Waals surface area contributed by atoms with Gasteiger partial charge in [-0.2, -0.15) is 0 Å². The Kier molecular flexibility index (Phi) is 5.21. The molecule has 1 fully saturated rings. The number of carbonyl (C=O) groups excluding carboxylic acids is 1. The molecule has 1 aliphatic carbocycles. The number of hydrogen-bond donors (Lipinski definition) is 1. The molecule has 2 heterocycles. The summed E-state index contributed by atoms with van der Waals surface area (Å²) in [6.07, 6.45) is 4.14. The highest BCUT2D eigenvalue weighted by Crippen LogP contribution is 2.33. The first-order chi connectivity index (χ1) is 13.5. The van der Waals surface area contributed by atoms with Crippen LogP contribution in [0.3, 0.4) is 0 Å². The van der Waals surface area contributed by atoms with Crippen LogP contribution < -0.4 is 10.9 Å². The Hall–Kier alpha value is -2.61. The smallest absolute Gasteiger partial charge is 0.262 e. The molecule has 1 atom stereocenters. The Morgan fingerprint density at radius 1 is 1.32 bits per heavy atom. The van der Waals surface area contributed by atoms with Gasteiger partial charge in [0.05, 0.1) is 16.2 Å². The van der Waals surface area contributed by atoms with Crippen molar-refractivity contribution in [3.05, 3.63) is 46.4 Å². The zero-order chi connectivity index (χ0) is 19.7. The predicted octanol–water partition coefficient (Wildman–Crippen LogP) is 3.93. The highest BCUT2D eigenvalue weighted by Gasteiger charge is 2.25. The number of anilines is 1. The van der Waals surface area contributed by atoms with Crippen LogP contribution in [0.4, 0.5) is 5.82 Å². The molecule has 0 radical (unpaired) electrons. The van der Waals surface area contributed by atoms with Gasteiger partial charge < -0.3 is 9.84 Å². The monoisotopic (exact) mass is 398 g/mol. The van der Waals surface area contributed by atoms with Gasteiger partial charge in [0.1, 0.15) is 5.76 Å². The van der Waals surface area contributed by atoms with Gasteiger partial charge in [0, 0.05) is 12.1 Å². The van der Waals surface area contributed by atoms with Crippen LogP contribution in [-0.2, 0) is 4.79 Å². The van der Waals surface area contributed by atoms with E-state index in [1.165, 1.54) is 11.8 Å². The third-order valence-electron chi connectivity index (χ3n) is 5.00. The molecule has 1 aromatic carbocycles. The van der Waals surface area contributed by atoms with Gasteiger partial charge in [0.15, 0.2) is 11.0 Å². The maximum atomic E-state index is 13.2. The number of thioether (sulfide) groups is 1. The molecule has 0 unspecified atom stereocenters. The van der Waals surface area contributed by atoms with Crippen molar-refractivity contribution in [3.8, 4) is 0 Å². The van der Waals surface area contributed by atoms with E-state index < -0.39 is 5.25 Å². The molecule has 146 valence electrons. The summed E-state index contributed by atoms with van der Waals surface area (Å²) in [5, 5.41) is 7.30. The van der Waals surface area contributed by atoms with Crippen molar-refractivity contribution in [2.75, 3.05) is 5.32 Å². The number of rotatable bonds is 5. The molecule has 3 aromatic rings. The predicted molar refractivity (Wildman–Crippen MR) is 109 cm³/mol. The minimum Gasteiger partial charge on any atom is -0.360 e. The summed E-state index contributed by atoms with van der Waals surface area (Å²) < 4.78 is 6.78. The van der Waals surface area contributed by atoms with Crippen LogP contribution in [0.1, 0.15) is 44.4 Å². The fourth-order valence-electron chi connectivity index (χ4n) is 3.56. The molecule has 0 spiro atoms. The van der Waals surface area contributed by atoms with Crippen molar-refractivity contribution in [1.29, 1.82) is 0 Å². The van der Waals surface area contributed by atoms with Crippen LogP contribution >= 0.6 is 11.8 Å².